The first kappa shape index (κ1) is 19.6. The van der Waals surface area contributed by atoms with Crippen molar-refractivity contribution in [3.8, 4) is 16.6 Å². The number of rotatable bonds is 4. The molecule has 1 atom stereocenters. The molecule has 0 unspecified atom stereocenters. The number of likely N-dealkylation sites (tertiary alicyclic amines) is 1. The average molecular weight is 444 g/mol. The normalized spacial score (nSPS) is 18.5. The molecule has 2 aromatic heterocycles. The minimum atomic E-state index is -0.680. The van der Waals surface area contributed by atoms with Gasteiger partial charge >= 0.3 is 6.03 Å². The van der Waals surface area contributed by atoms with Crippen LogP contribution in [0, 0.1) is 11.6 Å². The molecule has 1 saturated heterocycles. The molecule has 0 bridgehead atoms. The van der Waals surface area contributed by atoms with Crippen LogP contribution in [0.2, 0.25) is 0 Å². The van der Waals surface area contributed by atoms with Gasteiger partial charge in [-0.3, -0.25) is 4.68 Å². The van der Waals surface area contributed by atoms with Crippen LogP contribution in [0.5, 0.6) is 5.19 Å². The molecule has 0 spiro atoms. The van der Waals surface area contributed by atoms with Crippen molar-refractivity contribution in [2.24, 2.45) is 12.1 Å². The van der Waals surface area contributed by atoms with Crippen LogP contribution in [0.1, 0.15) is 18.0 Å². The van der Waals surface area contributed by atoms with Crippen LogP contribution < -0.4 is 4.74 Å². The number of ether oxygens (including phenoxy) is 1. The molecule has 2 aliphatic rings. The molecule has 0 aliphatic carbocycles. The number of hydrogen-bond donors (Lipinski definition) is 0. The molecule has 3 aromatic rings. The maximum atomic E-state index is 13.6. The Balaban J connectivity index is 1.20. The van der Waals surface area contributed by atoms with Crippen LogP contribution in [0.25, 0.3) is 11.4 Å². The Morgan fingerprint density at radius 1 is 1.23 bits per heavy atom. The van der Waals surface area contributed by atoms with Gasteiger partial charge in [0.1, 0.15) is 23.4 Å². The van der Waals surface area contributed by atoms with Crippen molar-refractivity contribution in [2.45, 2.75) is 18.6 Å². The maximum absolute atomic E-state index is 13.6. The third kappa shape index (κ3) is 3.76. The lowest BCUT2D eigenvalue weighted by atomic mass is 10.0. The molecule has 2 aliphatic heterocycles. The van der Waals surface area contributed by atoms with E-state index >= 15 is 0 Å². The number of aromatic nitrogens is 3. The maximum Gasteiger partial charge on any atom is 0.341 e. The molecule has 0 saturated carbocycles. The van der Waals surface area contributed by atoms with E-state index in [-0.39, 0.29) is 12.1 Å². The molecule has 1 aromatic carbocycles. The van der Waals surface area contributed by atoms with Crippen molar-refractivity contribution in [1.82, 2.24) is 24.7 Å². The van der Waals surface area contributed by atoms with Gasteiger partial charge < -0.3 is 9.64 Å². The quantitative estimate of drug-likeness (QED) is 0.618. The highest BCUT2D eigenvalue weighted by Gasteiger charge is 2.39. The van der Waals surface area contributed by atoms with Crippen molar-refractivity contribution in [3.05, 3.63) is 53.0 Å². The van der Waals surface area contributed by atoms with E-state index in [1.54, 1.807) is 22.0 Å². The number of benzene rings is 1. The van der Waals surface area contributed by atoms with Crippen LogP contribution in [0.4, 0.5) is 13.6 Å². The SMILES string of the molecule is Cn1nccc1-c1csc(OC2CN(C(=O)N3N=CC[C@H]3c3cc(F)cc(F)c3)C2)n1. The van der Waals surface area contributed by atoms with Crippen molar-refractivity contribution >= 4 is 23.6 Å². The van der Waals surface area contributed by atoms with Crippen LogP contribution in [-0.4, -0.2) is 56.1 Å². The fraction of sp³-hybridized carbons (Fsp3) is 0.300. The van der Waals surface area contributed by atoms with E-state index in [9.17, 15) is 13.6 Å². The molecule has 8 nitrogen and oxygen atoms in total. The molecule has 2 amide bonds. The van der Waals surface area contributed by atoms with Crippen molar-refractivity contribution in [1.29, 1.82) is 0 Å². The first-order valence-corrected chi connectivity index (χ1v) is 10.5. The summed E-state index contributed by atoms with van der Waals surface area (Å²) in [5, 5.41) is 12.0. The summed E-state index contributed by atoms with van der Waals surface area (Å²) in [6.07, 6.45) is 3.51. The Morgan fingerprint density at radius 3 is 2.71 bits per heavy atom. The molecule has 11 heteroatoms. The Hall–Kier alpha value is -3.34. The van der Waals surface area contributed by atoms with E-state index in [0.717, 1.165) is 17.5 Å². The molecule has 0 N–H and O–H groups in total. The zero-order valence-corrected chi connectivity index (χ0v) is 17.3. The van der Waals surface area contributed by atoms with Crippen LogP contribution in [0.15, 0.2) is 40.9 Å². The summed E-state index contributed by atoms with van der Waals surface area (Å²) >= 11 is 1.39. The lowest BCUT2D eigenvalue weighted by Gasteiger charge is -2.40. The number of aryl methyl sites for hydroxylation is 1. The minimum absolute atomic E-state index is 0.175. The topological polar surface area (TPSA) is 75.8 Å². The first-order chi connectivity index (χ1) is 15.0. The standard InChI is InChI=1S/C20H18F2N6O2S/c1-26-18(3-4-23-26)16-11-31-19(25-16)30-15-9-27(10-15)20(29)28-17(2-5-24-28)12-6-13(21)8-14(22)7-12/h3-8,11,15,17H,2,9-10H2,1H3/t17-/m0/s1. The lowest BCUT2D eigenvalue weighted by Crippen LogP contribution is -2.58. The molecule has 5 rings (SSSR count). The fourth-order valence-corrected chi connectivity index (χ4v) is 4.38. The highest BCUT2D eigenvalue weighted by Crippen LogP contribution is 2.32. The fourth-order valence-electron chi connectivity index (χ4n) is 3.65. The summed E-state index contributed by atoms with van der Waals surface area (Å²) in [5.74, 6) is -1.36. The predicted octanol–water partition coefficient (Wildman–Crippen LogP) is 3.44. The predicted molar refractivity (Wildman–Crippen MR) is 110 cm³/mol. The summed E-state index contributed by atoms with van der Waals surface area (Å²) in [4.78, 5) is 18.9. The largest absolute Gasteiger partial charge is 0.463 e. The summed E-state index contributed by atoms with van der Waals surface area (Å²) in [6, 6.07) is 4.29. The van der Waals surface area contributed by atoms with Gasteiger partial charge in [0.2, 0.25) is 0 Å². The molecular weight excluding hydrogens is 426 g/mol. The van der Waals surface area contributed by atoms with Crippen molar-refractivity contribution in [2.75, 3.05) is 13.1 Å². The van der Waals surface area contributed by atoms with Gasteiger partial charge in [0.25, 0.3) is 5.19 Å². The number of hydrazone groups is 1. The summed E-state index contributed by atoms with van der Waals surface area (Å²) in [7, 11) is 1.84. The van der Waals surface area contributed by atoms with Gasteiger partial charge in [0, 0.05) is 37.3 Å². The third-order valence-electron chi connectivity index (χ3n) is 5.25. The molecular formula is C20H18F2N6O2S. The lowest BCUT2D eigenvalue weighted by molar-refractivity contribution is 0.0276. The molecule has 160 valence electrons. The summed E-state index contributed by atoms with van der Waals surface area (Å²) < 4.78 is 34.8. The second-order valence-corrected chi connectivity index (χ2v) is 8.18. The Morgan fingerprint density at radius 2 is 2.00 bits per heavy atom. The van der Waals surface area contributed by atoms with Gasteiger partial charge in [0.05, 0.1) is 24.8 Å². The minimum Gasteiger partial charge on any atom is -0.463 e. The van der Waals surface area contributed by atoms with E-state index < -0.39 is 17.7 Å². The number of hydrogen-bond acceptors (Lipinski definition) is 6. The van der Waals surface area contributed by atoms with E-state index in [1.165, 1.54) is 28.5 Å². The van der Waals surface area contributed by atoms with Gasteiger partial charge in [-0.05, 0) is 23.8 Å². The van der Waals surface area contributed by atoms with Crippen LogP contribution >= 0.6 is 11.3 Å². The Bertz CT molecular complexity index is 1140. The number of thiazole rings is 1. The number of carbonyl (C=O) groups is 1. The second-order valence-electron chi connectivity index (χ2n) is 7.36. The van der Waals surface area contributed by atoms with Gasteiger partial charge in [-0.2, -0.15) is 10.2 Å². The molecule has 0 radical (unpaired) electrons. The first-order valence-electron chi connectivity index (χ1n) is 9.65. The number of urea groups is 1. The van der Waals surface area contributed by atoms with Crippen LogP contribution in [-0.2, 0) is 7.05 Å². The highest BCUT2D eigenvalue weighted by molar-refractivity contribution is 7.11. The van der Waals surface area contributed by atoms with Crippen molar-refractivity contribution < 1.29 is 18.3 Å². The van der Waals surface area contributed by atoms with E-state index in [1.807, 2.05) is 18.5 Å². The van der Waals surface area contributed by atoms with Crippen molar-refractivity contribution in [3.63, 3.8) is 0 Å². The number of nitrogens with zero attached hydrogens (tertiary/aromatic N) is 6. The van der Waals surface area contributed by atoms with E-state index in [0.29, 0.717) is 30.3 Å². The second kappa shape index (κ2) is 7.73. The number of carbonyl (C=O) groups excluding carboxylic acids is 1. The third-order valence-corrected chi connectivity index (χ3v) is 5.98. The zero-order chi connectivity index (χ0) is 21.5. The zero-order valence-electron chi connectivity index (χ0n) is 16.5. The highest BCUT2D eigenvalue weighted by atomic mass is 32.1. The van der Waals surface area contributed by atoms with E-state index in [4.69, 9.17) is 4.74 Å². The van der Waals surface area contributed by atoms with E-state index in [2.05, 4.69) is 15.2 Å². The monoisotopic (exact) mass is 444 g/mol. The van der Waals surface area contributed by atoms with Gasteiger partial charge in [-0.1, -0.05) is 11.3 Å². The number of amides is 2. The number of halogens is 2. The average Bonchev–Trinajstić information content (AvgIpc) is 3.43. The molecule has 31 heavy (non-hydrogen) atoms. The Labute approximate surface area is 180 Å². The van der Waals surface area contributed by atoms with Gasteiger partial charge in [0.15, 0.2) is 0 Å². The van der Waals surface area contributed by atoms with Gasteiger partial charge in [-0.15, -0.1) is 0 Å². The van der Waals surface area contributed by atoms with Crippen LogP contribution in [0.3, 0.4) is 0 Å². The summed E-state index contributed by atoms with van der Waals surface area (Å²) in [6.45, 7) is 0.769. The molecule has 4 heterocycles. The smallest absolute Gasteiger partial charge is 0.341 e. The Kier molecular flexibility index (Phi) is 4.89. The summed E-state index contributed by atoms with van der Waals surface area (Å²) in [5.41, 5.74) is 2.05. The van der Waals surface area contributed by atoms with Gasteiger partial charge in [-0.25, -0.2) is 23.6 Å². The molecule has 1 fully saturated rings.